The fourth-order valence-electron chi connectivity index (χ4n) is 1.58. The molecule has 6 nitrogen and oxygen atoms in total. The molecule has 6 heteroatoms. The number of urea groups is 1. The molecule has 1 aliphatic heterocycles. The molecule has 1 saturated heterocycles. The molecule has 3 amide bonds. The standard InChI is InChI=1S/C11H21N3O3/c1-11(2,3)17-10(16)13-12-9(15)14-7-5-4-6-8-14/h4-8H2,1-3H3,(H,12,15)(H,13,16). The molecule has 1 heterocycles. The molecule has 1 fully saturated rings. The van der Waals surface area contributed by atoms with Crippen LogP contribution in [0.15, 0.2) is 0 Å². The largest absolute Gasteiger partial charge is 0.443 e. The maximum absolute atomic E-state index is 11.6. The van der Waals surface area contributed by atoms with E-state index in [1.165, 1.54) is 0 Å². The minimum absolute atomic E-state index is 0.282. The summed E-state index contributed by atoms with van der Waals surface area (Å²) in [4.78, 5) is 24.6. The van der Waals surface area contributed by atoms with Crippen molar-refractivity contribution in [2.24, 2.45) is 0 Å². The van der Waals surface area contributed by atoms with Gasteiger partial charge in [0, 0.05) is 13.1 Å². The van der Waals surface area contributed by atoms with E-state index in [1.54, 1.807) is 25.7 Å². The van der Waals surface area contributed by atoms with Gasteiger partial charge < -0.3 is 9.64 Å². The summed E-state index contributed by atoms with van der Waals surface area (Å²) >= 11 is 0. The van der Waals surface area contributed by atoms with E-state index >= 15 is 0 Å². The van der Waals surface area contributed by atoms with Gasteiger partial charge in [-0.1, -0.05) is 0 Å². The van der Waals surface area contributed by atoms with Crippen molar-refractivity contribution in [2.45, 2.75) is 45.6 Å². The van der Waals surface area contributed by atoms with Crippen LogP contribution in [0.2, 0.25) is 0 Å². The number of rotatable bonds is 0. The summed E-state index contributed by atoms with van der Waals surface area (Å²) in [5.74, 6) is 0. The summed E-state index contributed by atoms with van der Waals surface area (Å²) in [6.45, 7) is 6.76. The quantitative estimate of drug-likeness (QED) is 0.635. The summed E-state index contributed by atoms with van der Waals surface area (Å²) < 4.78 is 4.99. The fourth-order valence-corrected chi connectivity index (χ4v) is 1.58. The van der Waals surface area contributed by atoms with Gasteiger partial charge in [0.15, 0.2) is 0 Å². The molecule has 2 N–H and O–H groups in total. The predicted octanol–water partition coefficient (Wildman–Crippen LogP) is 1.62. The van der Waals surface area contributed by atoms with Crippen LogP contribution in [0.1, 0.15) is 40.0 Å². The van der Waals surface area contributed by atoms with Crippen LogP contribution in [0.5, 0.6) is 0 Å². The lowest BCUT2D eigenvalue weighted by atomic mass is 10.1. The van der Waals surface area contributed by atoms with Crippen LogP contribution in [-0.2, 0) is 4.74 Å². The molecule has 0 atom stereocenters. The first kappa shape index (κ1) is 13.6. The highest BCUT2D eigenvalue weighted by atomic mass is 16.6. The van der Waals surface area contributed by atoms with Crippen LogP contribution in [0.3, 0.4) is 0 Å². The Hall–Kier alpha value is -1.46. The minimum Gasteiger partial charge on any atom is -0.443 e. The molecule has 0 aromatic carbocycles. The number of hydrazine groups is 1. The Kier molecular flexibility index (Phi) is 4.60. The molecular weight excluding hydrogens is 222 g/mol. The van der Waals surface area contributed by atoms with Crippen LogP contribution < -0.4 is 10.9 Å². The lowest BCUT2D eigenvalue weighted by molar-refractivity contribution is 0.0498. The topological polar surface area (TPSA) is 70.7 Å². The van der Waals surface area contributed by atoms with E-state index in [4.69, 9.17) is 4.74 Å². The maximum Gasteiger partial charge on any atom is 0.426 e. The Labute approximate surface area is 102 Å². The van der Waals surface area contributed by atoms with E-state index in [2.05, 4.69) is 10.9 Å². The molecule has 0 bridgehead atoms. The predicted molar refractivity (Wildman–Crippen MR) is 63.3 cm³/mol. The highest BCUT2D eigenvalue weighted by Gasteiger charge is 2.19. The molecule has 0 radical (unpaired) electrons. The van der Waals surface area contributed by atoms with Crippen molar-refractivity contribution < 1.29 is 14.3 Å². The average molecular weight is 243 g/mol. The van der Waals surface area contributed by atoms with E-state index in [1.807, 2.05) is 0 Å². The molecule has 0 unspecified atom stereocenters. The van der Waals surface area contributed by atoms with Crippen molar-refractivity contribution in [3.63, 3.8) is 0 Å². The number of hydrogen-bond acceptors (Lipinski definition) is 3. The van der Waals surface area contributed by atoms with Gasteiger partial charge in [-0.15, -0.1) is 0 Å². The number of carbonyl (C=O) groups excluding carboxylic acids is 2. The van der Waals surface area contributed by atoms with Crippen LogP contribution in [-0.4, -0.2) is 35.7 Å². The van der Waals surface area contributed by atoms with Crippen molar-refractivity contribution >= 4 is 12.1 Å². The first-order valence-corrected chi connectivity index (χ1v) is 5.92. The van der Waals surface area contributed by atoms with E-state index < -0.39 is 11.7 Å². The molecule has 98 valence electrons. The van der Waals surface area contributed by atoms with Gasteiger partial charge in [-0.2, -0.15) is 0 Å². The van der Waals surface area contributed by atoms with E-state index in [0.29, 0.717) is 0 Å². The molecule has 1 aliphatic rings. The van der Waals surface area contributed by atoms with Gasteiger partial charge in [0.05, 0.1) is 0 Å². The van der Waals surface area contributed by atoms with Crippen molar-refractivity contribution in [3.8, 4) is 0 Å². The number of nitrogens with one attached hydrogen (secondary N) is 2. The number of nitrogens with zero attached hydrogens (tertiary/aromatic N) is 1. The van der Waals surface area contributed by atoms with E-state index in [-0.39, 0.29) is 6.03 Å². The zero-order valence-electron chi connectivity index (χ0n) is 10.7. The Morgan fingerprint density at radius 1 is 1.06 bits per heavy atom. The van der Waals surface area contributed by atoms with Crippen molar-refractivity contribution in [2.75, 3.05) is 13.1 Å². The molecule has 17 heavy (non-hydrogen) atoms. The summed E-state index contributed by atoms with van der Waals surface area (Å²) in [7, 11) is 0. The lowest BCUT2D eigenvalue weighted by Gasteiger charge is -2.27. The molecule has 0 aromatic heterocycles. The zero-order chi connectivity index (χ0) is 12.9. The van der Waals surface area contributed by atoms with Crippen LogP contribution in [0.25, 0.3) is 0 Å². The maximum atomic E-state index is 11.6. The Bertz CT molecular complexity index is 280. The normalized spacial score (nSPS) is 16.3. The van der Waals surface area contributed by atoms with Gasteiger partial charge >= 0.3 is 12.1 Å². The highest BCUT2D eigenvalue weighted by Crippen LogP contribution is 2.08. The third-order valence-corrected chi connectivity index (χ3v) is 2.31. The van der Waals surface area contributed by atoms with Crippen LogP contribution in [0, 0.1) is 0 Å². The number of ether oxygens (including phenoxy) is 1. The summed E-state index contributed by atoms with van der Waals surface area (Å²) in [6, 6.07) is -0.282. The number of likely N-dealkylation sites (tertiary alicyclic amines) is 1. The van der Waals surface area contributed by atoms with Gasteiger partial charge in [0.25, 0.3) is 0 Å². The minimum atomic E-state index is -0.650. The lowest BCUT2D eigenvalue weighted by Crippen LogP contribution is -2.51. The summed E-state index contributed by atoms with van der Waals surface area (Å²) in [5, 5.41) is 0. The number of carbonyl (C=O) groups is 2. The Balaban J connectivity index is 2.25. The monoisotopic (exact) mass is 243 g/mol. The van der Waals surface area contributed by atoms with Gasteiger partial charge in [0.2, 0.25) is 0 Å². The van der Waals surface area contributed by atoms with Crippen LogP contribution >= 0.6 is 0 Å². The fraction of sp³-hybridized carbons (Fsp3) is 0.818. The molecule has 0 spiro atoms. The number of hydrogen-bond donors (Lipinski definition) is 2. The smallest absolute Gasteiger partial charge is 0.426 e. The van der Waals surface area contributed by atoms with Crippen molar-refractivity contribution in [1.82, 2.24) is 15.8 Å². The van der Waals surface area contributed by atoms with Crippen molar-refractivity contribution in [1.29, 1.82) is 0 Å². The number of piperidine rings is 1. The Morgan fingerprint density at radius 3 is 2.18 bits per heavy atom. The second-order valence-corrected chi connectivity index (χ2v) is 5.10. The SMILES string of the molecule is CC(C)(C)OC(=O)NNC(=O)N1CCCCC1. The number of amides is 3. The van der Waals surface area contributed by atoms with Gasteiger partial charge in [0.1, 0.15) is 5.60 Å². The van der Waals surface area contributed by atoms with Gasteiger partial charge in [-0.05, 0) is 40.0 Å². The zero-order valence-corrected chi connectivity index (χ0v) is 10.7. The Morgan fingerprint density at radius 2 is 1.65 bits per heavy atom. The van der Waals surface area contributed by atoms with Gasteiger partial charge in [-0.25, -0.2) is 20.4 Å². The van der Waals surface area contributed by atoms with Gasteiger partial charge in [-0.3, -0.25) is 0 Å². The average Bonchev–Trinajstić information content (AvgIpc) is 2.25. The molecular formula is C11H21N3O3. The second-order valence-electron chi connectivity index (χ2n) is 5.10. The third kappa shape index (κ3) is 5.42. The second kappa shape index (κ2) is 5.75. The first-order valence-electron chi connectivity index (χ1n) is 5.92. The highest BCUT2D eigenvalue weighted by molar-refractivity contribution is 5.77. The summed E-state index contributed by atoms with van der Waals surface area (Å²) in [5.41, 5.74) is 4.00. The molecule has 0 aliphatic carbocycles. The van der Waals surface area contributed by atoms with E-state index in [0.717, 1.165) is 32.4 Å². The molecule has 0 aromatic rings. The molecule has 1 rings (SSSR count). The van der Waals surface area contributed by atoms with E-state index in [9.17, 15) is 9.59 Å². The van der Waals surface area contributed by atoms with Crippen LogP contribution in [0.4, 0.5) is 9.59 Å². The third-order valence-electron chi connectivity index (χ3n) is 2.31. The molecule has 0 saturated carbocycles. The van der Waals surface area contributed by atoms with Crippen molar-refractivity contribution in [3.05, 3.63) is 0 Å². The summed E-state index contributed by atoms with van der Waals surface area (Å²) in [6.07, 6.45) is 2.53. The first-order chi connectivity index (χ1) is 7.88.